The zero-order valence-corrected chi connectivity index (χ0v) is 7.97. The Morgan fingerprint density at radius 2 is 2.08 bits per heavy atom. The van der Waals surface area contributed by atoms with Crippen LogP contribution >= 0.6 is 0 Å². The van der Waals surface area contributed by atoms with Crippen molar-refractivity contribution in [3.63, 3.8) is 0 Å². The number of hydrogen-bond acceptors (Lipinski definition) is 1. The second kappa shape index (κ2) is 3.52. The Morgan fingerprint density at radius 1 is 1.31 bits per heavy atom. The molecule has 0 aromatic heterocycles. The van der Waals surface area contributed by atoms with Gasteiger partial charge in [-0.2, -0.15) is 0 Å². The van der Waals surface area contributed by atoms with E-state index in [1.54, 1.807) is 0 Å². The summed E-state index contributed by atoms with van der Waals surface area (Å²) >= 11 is 0. The summed E-state index contributed by atoms with van der Waals surface area (Å²) in [4.78, 5) is 0. The molecule has 0 aromatic carbocycles. The van der Waals surface area contributed by atoms with Gasteiger partial charge in [-0.3, -0.25) is 0 Å². The SMILES string of the molecule is C[C@@H]1C[C@@H]2C[C@H]1[C@H](NCC(F)F)C2. The van der Waals surface area contributed by atoms with Crippen molar-refractivity contribution < 1.29 is 8.78 Å². The molecule has 2 aliphatic carbocycles. The molecule has 13 heavy (non-hydrogen) atoms. The maximum absolute atomic E-state index is 12.0. The van der Waals surface area contributed by atoms with Crippen LogP contribution in [0.4, 0.5) is 8.78 Å². The number of hydrogen-bond donors (Lipinski definition) is 1. The molecule has 2 aliphatic rings. The van der Waals surface area contributed by atoms with Gasteiger partial charge in [0, 0.05) is 6.04 Å². The van der Waals surface area contributed by atoms with Crippen molar-refractivity contribution in [2.75, 3.05) is 6.54 Å². The van der Waals surface area contributed by atoms with Gasteiger partial charge < -0.3 is 5.32 Å². The normalized spacial score (nSPS) is 43.4. The van der Waals surface area contributed by atoms with Crippen LogP contribution in [0.25, 0.3) is 0 Å². The van der Waals surface area contributed by atoms with Crippen LogP contribution in [-0.4, -0.2) is 19.0 Å². The molecule has 0 aromatic rings. The maximum atomic E-state index is 12.0. The fourth-order valence-corrected chi connectivity index (χ4v) is 3.18. The van der Waals surface area contributed by atoms with E-state index >= 15 is 0 Å². The maximum Gasteiger partial charge on any atom is 0.250 e. The first-order valence-electron chi connectivity index (χ1n) is 5.18. The first-order valence-corrected chi connectivity index (χ1v) is 5.18. The molecule has 2 bridgehead atoms. The molecule has 1 nitrogen and oxygen atoms in total. The monoisotopic (exact) mass is 189 g/mol. The van der Waals surface area contributed by atoms with Gasteiger partial charge in [-0.05, 0) is 37.0 Å². The average molecular weight is 189 g/mol. The fraction of sp³-hybridized carbons (Fsp3) is 1.00. The summed E-state index contributed by atoms with van der Waals surface area (Å²) in [6.45, 7) is 2.13. The molecule has 0 aliphatic heterocycles. The van der Waals surface area contributed by atoms with Gasteiger partial charge in [0.1, 0.15) is 0 Å². The molecule has 2 fully saturated rings. The molecule has 2 saturated carbocycles. The van der Waals surface area contributed by atoms with Crippen LogP contribution in [0.1, 0.15) is 26.2 Å². The number of rotatable bonds is 3. The van der Waals surface area contributed by atoms with Crippen LogP contribution in [0.5, 0.6) is 0 Å². The van der Waals surface area contributed by atoms with E-state index in [0.29, 0.717) is 12.0 Å². The largest absolute Gasteiger partial charge is 0.308 e. The van der Waals surface area contributed by atoms with Gasteiger partial charge in [-0.25, -0.2) is 8.78 Å². The average Bonchev–Trinajstić information content (AvgIpc) is 2.58. The van der Waals surface area contributed by atoms with Crippen molar-refractivity contribution in [2.45, 2.75) is 38.7 Å². The van der Waals surface area contributed by atoms with Crippen LogP contribution < -0.4 is 5.32 Å². The van der Waals surface area contributed by atoms with Gasteiger partial charge in [0.2, 0.25) is 0 Å². The molecule has 0 spiro atoms. The van der Waals surface area contributed by atoms with Crippen LogP contribution in [0.3, 0.4) is 0 Å². The second-order valence-electron chi connectivity index (χ2n) is 4.62. The van der Waals surface area contributed by atoms with Gasteiger partial charge >= 0.3 is 0 Å². The lowest BCUT2D eigenvalue weighted by molar-refractivity contribution is 0.132. The Hall–Kier alpha value is -0.180. The van der Waals surface area contributed by atoms with Crippen molar-refractivity contribution in [3.8, 4) is 0 Å². The zero-order valence-electron chi connectivity index (χ0n) is 7.97. The van der Waals surface area contributed by atoms with Crippen molar-refractivity contribution in [3.05, 3.63) is 0 Å². The third kappa shape index (κ3) is 1.85. The summed E-state index contributed by atoms with van der Waals surface area (Å²) in [5.74, 6) is 2.23. The van der Waals surface area contributed by atoms with Crippen LogP contribution in [0, 0.1) is 17.8 Å². The molecule has 0 unspecified atom stereocenters. The quantitative estimate of drug-likeness (QED) is 0.718. The van der Waals surface area contributed by atoms with Gasteiger partial charge in [0.15, 0.2) is 0 Å². The van der Waals surface area contributed by atoms with Gasteiger partial charge in [0.05, 0.1) is 6.54 Å². The van der Waals surface area contributed by atoms with Crippen molar-refractivity contribution in [1.82, 2.24) is 5.32 Å². The highest BCUT2D eigenvalue weighted by molar-refractivity contribution is 4.97. The molecule has 76 valence electrons. The van der Waals surface area contributed by atoms with Gasteiger partial charge in [-0.1, -0.05) is 6.92 Å². The minimum Gasteiger partial charge on any atom is -0.308 e. The van der Waals surface area contributed by atoms with E-state index in [9.17, 15) is 8.78 Å². The molecule has 0 amide bonds. The number of alkyl halides is 2. The Kier molecular flexibility index (Phi) is 2.54. The summed E-state index contributed by atoms with van der Waals surface area (Å²) in [7, 11) is 0. The number of halogens is 2. The van der Waals surface area contributed by atoms with E-state index < -0.39 is 6.43 Å². The molecular formula is C10H17F2N. The predicted molar refractivity (Wildman–Crippen MR) is 47.8 cm³/mol. The number of fused-ring (bicyclic) bond motifs is 2. The number of nitrogens with one attached hydrogen (secondary N) is 1. The van der Waals surface area contributed by atoms with Crippen molar-refractivity contribution >= 4 is 0 Å². The summed E-state index contributed by atoms with van der Waals surface area (Å²) in [6.07, 6.45) is 1.51. The molecule has 0 saturated heterocycles. The third-order valence-corrected chi connectivity index (χ3v) is 3.68. The van der Waals surface area contributed by atoms with E-state index in [-0.39, 0.29) is 6.54 Å². The zero-order chi connectivity index (χ0) is 9.42. The fourth-order valence-electron chi connectivity index (χ4n) is 3.18. The lowest BCUT2D eigenvalue weighted by Gasteiger charge is -2.27. The lowest BCUT2D eigenvalue weighted by atomic mass is 9.86. The Morgan fingerprint density at radius 3 is 2.62 bits per heavy atom. The minimum absolute atomic E-state index is 0.124. The summed E-state index contributed by atoms with van der Waals surface area (Å²) < 4.78 is 23.9. The highest BCUT2D eigenvalue weighted by Crippen LogP contribution is 2.48. The van der Waals surface area contributed by atoms with Gasteiger partial charge in [-0.15, -0.1) is 0 Å². The van der Waals surface area contributed by atoms with Crippen molar-refractivity contribution in [2.24, 2.45) is 17.8 Å². The summed E-state index contributed by atoms with van der Waals surface area (Å²) in [5, 5.41) is 2.99. The molecule has 4 atom stereocenters. The van der Waals surface area contributed by atoms with Crippen LogP contribution in [-0.2, 0) is 0 Å². The van der Waals surface area contributed by atoms with Crippen molar-refractivity contribution in [1.29, 1.82) is 0 Å². The van der Waals surface area contributed by atoms with Crippen LogP contribution in [0.2, 0.25) is 0 Å². The van der Waals surface area contributed by atoms with Crippen LogP contribution in [0.15, 0.2) is 0 Å². The first kappa shape index (κ1) is 9.38. The smallest absolute Gasteiger partial charge is 0.250 e. The Labute approximate surface area is 77.9 Å². The highest BCUT2D eigenvalue weighted by Gasteiger charge is 2.43. The van der Waals surface area contributed by atoms with E-state index in [0.717, 1.165) is 18.3 Å². The summed E-state index contributed by atoms with van der Waals surface area (Å²) in [6, 6.07) is 0.378. The third-order valence-electron chi connectivity index (χ3n) is 3.68. The molecule has 1 N–H and O–H groups in total. The van der Waals surface area contributed by atoms with E-state index in [1.807, 2.05) is 0 Å². The second-order valence-corrected chi connectivity index (χ2v) is 4.62. The van der Waals surface area contributed by atoms with Gasteiger partial charge in [0.25, 0.3) is 6.43 Å². The minimum atomic E-state index is -2.20. The summed E-state index contributed by atoms with van der Waals surface area (Å²) in [5.41, 5.74) is 0. The molecular weight excluding hydrogens is 172 g/mol. The predicted octanol–water partition coefficient (Wildman–Crippen LogP) is 2.28. The molecule has 0 radical (unpaired) electrons. The highest BCUT2D eigenvalue weighted by atomic mass is 19.3. The lowest BCUT2D eigenvalue weighted by Crippen LogP contribution is -2.39. The molecule has 3 heteroatoms. The standard InChI is InChI=1S/C10H17F2N/c1-6-2-7-3-8(6)9(4-7)13-5-10(11)12/h6-10,13H,2-5H2,1H3/t6-,7-,8-,9-/m1/s1. The Bertz CT molecular complexity index is 184. The topological polar surface area (TPSA) is 12.0 Å². The van der Waals surface area contributed by atoms with E-state index in [1.165, 1.54) is 12.8 Å². The Balaban J connectivity index is 1.82. The van der Waals surface area contributed by atoms with E-state index in [4.69, 9.17) is 0 Å². The molecule has 0 heterocycles. The first-order chi connectivity index (χ1) is 6.16. The van der Waals surface area contributed by atoms with E-state index in [2.05, 4.69) is 12.2 Å². The molecule has 2 rings (SSSR count).